The molecule has 1 aromatic heterocycles. The average molecular weight is 449 g/mol. The lowest BCUT2D eigenvalue weighted by Crippen LogP contribution is -2.44. The highest BCUT2D eigenvalue weighted by Crippen LogP contribution is 2.37. The smallest absolute Gasteiger partial charge is 0.254 e. The summed E-state index contributed by atoms with van der Waals surface area (Å²) in [7, 11) is 5.16. The van der Waals surface area contributed by atoms with E-state index in [1.54, 1.807) is 54.5 Å². The molecule has 0 bridgehead atoms. The lowest BCUT2D eigenvalue weighted by molar-refractivity contribution is -0.138. The van der Waals surface area contributed by atoms with Gasteiger partial charge in [-0.25, -0.2) is 0 Å². The van der Waals surface area contributed by atoms with Crippen molar-refractivity contribution in [2.24, 2.45) is 5.41 Å². The number of thiophene rings is 1. The lowest BCUT2D eigenvalue weighted by atomic mass is 9.79. The third-order valence-electron chi connectivity index (χ3n) is 6.17. The number of benzene rings is 2. The molecular weight excluding hydrogens is 420 g/mol. The molecule has 166 valence electrons. The van der Waals surface area contributed by atoms with Crippen LogP contribution in [0.25, 0.3) is 11.1 Å². The molecule has 1 aliphatic rings. The van der Waals surface area contributed by atoms with Crippen LogP contribution in [-0.2, 0) is 11.2 Å². The van der Waals surface area contributed by atoms with Crippen LogP contribution in [-0.4, -0.2) is 55.9 Å². The summed E-state index contributed by atoms with van der Waals surface area (Å²) in [6.07, 6.45) is 1.25. The van der Waals surface area contributed by atoms with Crippen molar-refractivity contribution in [2.75, 3.05) is 34.3 Å². The summed E-state index contributed by atoms with van der Waals surface area (Å²) in [5.74, 6) is 0.655. The predicted octanol–water partition coefficient (Wildman–Crippen LogP) is 4.59. The van der Waals surface area contributed by atoms with Gasteiger partial charge in [-0.2, -0.15) is 11.3 Å². The van der Waals surface area contributed by atoms with E-state index in [2.05, 4.69) is 41.1 Å². The van der Waals surface area contributed by atoms with Gasteiger partial charge in [0.15, 0.2) is 0 Å². The quantitative estimate of drug-likeness (QED) is 0.554. The summed E-state index contributed by atoms with van der Waals surface area (Å²) in [5, 5.41) is 4.20. The Morgan fingerprint density at radius 3 is 2.53 bits per heavy atom. The topological polar surface area (TPSA) is 49.9 Å². The standard InChI is InChI=1S/C26H28N2O3S/c1-27(2)25(30)26(16-19-7-9-20(10-8-19)22-11-14-32-17-22)12-13-28(18-26)24(29)21-5-4-6-23(15-21)31-3/h4-11,14-15,17H,12-13,16,18H2,1-3H3/t26-/m1/s1. The first-order valence-corrected chi connectivity index (χ1v) is 11.6. The summed E-state index contributed by atoms with van der Waals surface area (Å²) in [4.78, 5) is 29.9. The number of carbonyl (C=O) groups excluding carboxylic acids is 2. The number of carbonyl (C=O) groups is 2. The summed E-state index contributed by atoms with van der Waals surface area (Å²) < 4.78 is 5.26. The number of hydrogen-bond acceptors (Lipinski definition) is 4. The third kappa shape index (κ3) is 4.41. The Morgan fingerprint density at radius 2 is 1.88 bits per heavy atom. The minimum atomic E-state index is -0.623. The maximum atomic E-state index is 13.3. The lowest BCUT2D eigenvalue weighted by Gasteiger charge is -2.31. The number of rotatable bonds is 6. The van der Waals surface area contributed by atoms with Crippen LogP contribution in [0.15, 0.2) is 65.4 Å². The molecule has 1 atom stereocenters. The van der Waals surface area contributed by atoms with Crippen molar-refractivity contribution in [3.63, 3.8) is 0 Å². The Bertz CT molecular complexity index is 1090. The van der Waals surface area contributed by atoms with Crippen molar-refractivity contribution in [1.82, 2.24) is 9.80 Å². The summed E-state index contributed by atoms with van der Waals surface area (Å²) in [6.45, 7) is 0.967. The molecule has 2 amide bonds. The monoisotopic (exact) mass is 448 g/mol. The normalized spacial score (nSPS) is 17.9. The number of amides is 2. The summed E-state index contributed by atoms with van der Waals surface area (Å²) in [5.41, 5.74) is 3.44. The first-order chi connectivity index (χ1) is 15.4. The second-order valence-corrected chi connectivity index (χ2v) is 9.35. The van der Waals surface area contributed by atoms with Crippen molar-refractivity contribution in [2.45, 2.75) is 12.8 Å². The van der Waals surface area contributed by atoms with Gasteiger partial charge in [-0.3, -0.25) is 9.59 Å². The third-order valence-corrected chi connectivity index (χ3v) is 6.85. The molecule has 3 aromatic rings. The van der Waals surface area contributed by atoms with E-state index in [9.17, 15) is 9.59 Å². The van der Waals surface area contributed by atoms with E-state index in [1.165, 1.54) is 11.1 Å². The van der Waals surface area contributed by atoms with E-state index in [0.717, 1.165) is 5.56 Å². The van der Waals surface area contributed by atoms with Crippen LogP contribution in [0.1, 0.15) is 22.3 Å². The van der Waals surface area contributed by atoms with Crippen molar-refractivity contribution in [3.05, 3.63) is 76.5 Å². The van der Waals surface area contributed by atoms with Gasteiger partial charge in [0.05, 0.1) is 12.5 Å². The fraction of sp³-hybridized carbons (Fsp3) is 0.308. The van der Waals surface area contributed by atoms with Crippen LogP contribution >= 0.6 is 11.3 Å². The first-order valence-electron chi connectivity index (χ1n) is 10.7. The minimum absolute atomic E-state index is 0.0647. The number of likely N-dealkylation sites (tertiary alicyclic amines) is 1. The molecule has 0 radical (unpaired) electrons. The van der Waals surface area contributed by atoms with Crippen molar-refractivity contribution >= 4 is 23.2 Å². The average Bonchev–Trinajstić information content (AvgIpc) is 3.50. The molecule has 32 heavy (non-hydrogen) atoms. The van der Waals surface area contributed by atoms with Crippen molar-refractivity contribution in [1.29, 1.82) is 0 Å². The molecule has 0 spiro atoms. The molecule has 0 N–H and O–H groups in total. The number of hydrogen-bond donors (Lipinski definition) is 0. The molecule has 5 nitrogen and oxygen atoms in total. The van der Waals surface area contributed by atoms with Gasteiger partial charge >= 0.3 is 0 Å². The molecular formula is C26H28N2O3S. The molecule has 6 heteroatoms. The van der Waals surface area contributed by atoms with E-state index in [1.807, 2.05) is 12.1 Å². The Balaban J connectivity index is 1.56. The molecule has 1 aliphatic heterocycles. The first kappa shape index (κ1) is 22.1. The van der Waals surface area contributed by atoms with Crippen molar-refractivity contribution in [3.8, 4) is 16.9 Å². The van der Waals surface area contributed by atoms with Gasteiger partial charge in [0.25, 0.3) is 5.91 Å². The maximum absolute atomic E-state index is 13.3. The van der Waals surface area contributed by atoms with Crippen LogP contribution in [0.2, 0.25) is 0 Å². The molecule has 1 saturated heterocycles. The van der Waals surface area contributed by atoms with Gasteiger partial charge in [-0.1, -0.05) is 30.3 Å². The largest absolute Gasteiger partial charge is 0.497 e. The van der Waals surface area contributed by atoms with E-state index in [0.29, 0.717) is 37.2 Å². The zero-order valence-electron chi connectivity index (χ0n) is 18.7. The maximum Gasteiger partial charge on any atom is 0.254 e. The zero-order chi connectivity index (χ0) is 22.7. The Morgan fingerprint density at radius 1 is 1.09 bits per heavy atom. The van der Waals surface area contributed by atoms with Gasteiger partial charge in [-0.05, 0) is 64.6 Å². The molecule has 0 aliphatic carbocycles. The van der Waals surface area contributed by atoms with Crippen LogP contribution in [0.5, 0.6) is 5.75 Å². The van der Waals surface area contributed by atoms with E-state index >= 15 is 0 Å². The molecule has 0 unspecified atom stereocenters. The van der Waals surface area contributed by atoms with Crippen LogP contribution in [0.3, 0.4) is 0 Å². The fourth-order valence-corrected chi connectivity index (χ4v) is 5.15. The van der Waals surface area contributed by atoms with E-state index in [-0.39, 0.29) is 11.8 Å². The number of nitrogens with zero attached hydrogens (tertiary/aromatic N) is 2. The van der Waals surface area contributed by atoms with E-state index < -0.39 is 5.41 Å². The second kappa shape index (κ2) is 9.17. The van der Waals surface area contributed by atoms with E-state index in [4.69, 9.17) is 4.74 Å². The summed E-state index contributed by atoms with van der Waals surface area (Å²) >= 11 is 1.68. The van der Waals surface area contributed by atoms with Gasteiger partial charge < -0.3 is 14.5 Å². The fourth-order valence-electron chi connectivity index (χ4n) is 4.49. The predicted molar refractivity (Wildman–Crippen MR) is 128 cm³/mol. The van der Waals surface area contributed by atoms with Crippen LogP contribution < -0.4 is 4.74 Å². The highest BCUT2D eigenvalue weighted by molar-refractivity contribution is 7.08. The minimum Gasteiger partial charge on any atom is -0.497 e. The van der Waals surface area contributed by atoms with Crippen LogP contribution in [0, 0.1) is 5.41 Å². The Kier molecular flexibility index (Phi) is 6.33. The molecule has 2 aromatic carbocycles. The second-order valence-electron chi connectivity index (χ2n) is 8.57. The Hall–Kier alpha value is -3.12. The van der Waals surface area contributed by atoms with Gasteiger partial charge in [0, 0.05) is 32.7 Å². The highest BCUT2D eigenvalue weighted by atomic mass is 32.1. The van der Waals surface area contributed by atoms with Gasteiger partial charge in [0.1, 0.15) is 5.75 Å². The highest BCUT2D eigenvalue weighted by Gasteiger charge is 2.46. The van der Waals surface area contributed by atoms with Crippen molar-refractivity contribution < 1.29 is 14.3 Å². The van der Waals surface area contributed by atoms with Crippen LogP contribution in [0.4, 0.5) is 0 Å². The van der Waals surface area contributed by atoms with Gasteiger partial charge in [-0.15, -0.1) is 0 Å². The number of methoxy groups -OCH3 is 1. The molecule has 1 fully saturated rings. The van der Waals surface area contributed by atoms with Gasteiger partial charge in [0.2, 0.25) is 5.91 Å². The SMILES string of the molecule is COc1cccc(C(=O)N2CC[C@](Cc3ccc(-c4ccsc4)cc3)(C(=O)N(C)C)C2)c1. The zero-order valence-corrected chi connectivity index (χ0v) is 19.5. The molecule has 0 saturated carbocycles. The Labute approximate surface area is 193 Å². The molecule has 2 heterocycles. The molecule has 4 rings (SSSR count). The number of ether oxygens (including phenoxy) is 1. The summed E-state index contributed by atoms with van der Waals surface area (Å²) in [6, 6.07) is 17.7.